The minimum Gasteiger partial charge on any atom is -0.363 e. The lowest BCUT2D eigenvalue weighted by Gasteiger charge is -2.13. The van der Waals surface area contributed by atoms with Gasteiger partial charge in [0, 0.05) is 24.7 Å². The molecule has 0 saturated heterocycles. The highest BCUT2D eigenvalue weighted by atomic mass is 15.3. The average Bonchev–Trinajstić information content (AvgIpc) is 2.81. The molecule has 2 rings (SSSR count). The Labute approximate surface area is 119 Å². The van der Waals surface area contributed by atoms with E-state index in [1.807, 2.05) is 13.1 Å². The number of anilines is 1. The molecule has 0 aliphatic heterocycles. The van der Waals surface area contributed by atoms with Crippen molar-refractivity contribution >= 4 is 5.82 Å². The van der Waals surface area contributed by atoms with E-state index in [1.165, 1.54) is 0 Å². The highest BCUT2D eigenvalue weighted by Gasteiger charge is 2.11. The summed E-state index contributed by atoms with van der Waals surface area (Å²) in [6.45, 7) is 9.08. The molecule has 6 nitrogen and oxygen atoms in total. The van der Waals surface area contributed by atoms with Gasteiger partial charge in [0.1, 0.15) is 23.8 Å². The third-order valence-electron chi connectivity index (χ3n) is 3.10. The van der Waals surface area contributed by atoms with Crippen LogP contribution >= 0.6 is 0 Å². The van der Waals surface area contributed by atoms with Crippen LogP contribution in [0.3, 0.4) is 0 Å². The van der Waals surface area contributed by atoms with Crippen molar-refractivity contribution in [3.63, 3.8) is 0 Å². The number of hydrogen-bond donors (Lipinski definition) is 1. The Hall–Kier alpha value is -1.98. The number of aryl methyl sites for hydroxylation is 1. The molecule has 0 amide bonds. The summed E-state index contributed by atoms with van der Waals surface area (Å²) in [5.74, 6) is 3.28. The van der Waals surface area contributed by atoms with Gasteiger partial charge in [-0.25, -0.2) is 15.0 Å². The molecule has 0 aliphatic carbocycles. The minimum atomic E-state index is 0.309. The molecule has 1 N–H and O–H groups in total. The lowest BCUT2D eigenvalue weighted by Crippen LogP contribution is -2.11. The molecule has 0 aliphatic rings. The van der Waals surface area contributed by atoms with Crippen molar-refractivity contribution < 1.29 is 0 Å². The maximum absolute atomic E-state index is 4.61. The summed E-state index contributed by atoms with van der Waals surface area (Å²) < 4.78 is 1.75. The van der Waals surface area contributed by atoms with Gasteiger partial charge >= 0.3 is 0 Å². The van der Waals surface area contributed by atoms with Crippen LogP contribution in [0.5, 0.6) is 0 Å². The molecular weight excluding hydrogens is 252 g/mol. The van der Waals surface area contributed by atoms with Crippen LogP contribution in [0.1, 0.15) is 56.9 Å². The van der Waals surface area contributed by atoms with Crippen LogP contribution in [0.15, 0.2) is 12.4 Å². The lowest BCUT2D eigenvalue weighted by molar-refractivity contribution is 0.706. The van der Waals surface area contributed by atoms with Crippen molar-refractivity contribution in [1.82, 2.24) is 24.7 Å². The van der Waals surface area contributed by atoms with Gasteiger partial charge in [-0.1, -0.05) is 27.7 Å². The third kappa shape index (κ3) is 3.31. The van der Waals surface area contributed by atoms with Gasteiger partial charge in [-0.2, -0.15) is 5.10 Å². The quantitative estimate of drug-likeness (QED) is 0.907. The number of nitrogens with zero attached hydrogens (tertiary/aromatic N) is 5. The lowest BCUT2D eigenvalue weighted by atomic mass is 10.1. The van der Waals surface area contributed by atoms with Gasteiger partial charge in [0.25, 0.3) is 0 Å². The van der Waals surface area contributed by atoms with Crippen LogP contribution in [0, 0.1) is 0 Å². The molecular formula is C14H22N6. The summed E-state index contributed by atoms with van der Waals surface area (Å²) in [4.78, 5) is 13.4. The van der Waals surface area contributed by atoms with Crippen LogP contribution < -0.4 is 5.32 Å². The van der Waals surface area contributed by atoms with Crippen LogP contribution in [0.2, 0.25) is 0 Å². The molecule has 2 aromatic heterocycles. The molecule has 0 atom stereocenters. The molecule has 2 heterocycles. The number of rotatable bonds is 5. The van der Waals surface area contributed by atoms with Crippen molar-refractivity contribution in [3.8, 4) is 0 Å². The van der Waals surface area contributed by atoms with Crippen LogP contribution in [0.4, 0.5) is 5.82 Å². The topological polar surface area (TPSA) is 68.5 Å². The third-order valence-corrected chi connectivity index (χ3v) is 3.10. The highest BCUT2D eigenvalue weighted by molar-refractivity contribution is 5.37. The summed E-state index contributed by atoms with van der Waals surface area (Å²) in [5.41, 5.74) is 1.06. The Kier molecular flexibility index (Phi) is 4.32. The standard InChI is InChI=1S/C14H22N6/c1-9(2)11-6-12(19-14(18-11)10(3)4)15-7-13-16-8-17-20(13)5/h6,8-10H,7H2,1-5H3,(H,15,18,19). The van der Waals surface area contributed by atoms with Gasteiger partial charge < -0.3 is 5.32 Å². The van der Waals surface area contributed by atoms with E-state index in [0.717, 1.165) is 23.2 Å². The molecule has 0 saturated carbocycles. The summed E-state index contributed by atoms with van der Waals surface area (Å²) >= 11 is 0. The second-order valence-electron chi connectivity index (χ2n) is 5.50. The fourth-order valence-electron chi connectivity index (χ4n) is 1.78. The van der Waals surface area contributed by atoms with Gasteiger partial charge in [0.15, 0.2) is 0 Å². The monoisotopic (exact) mass is 274 g/mol. The van der Waals surface area contributed by atoms with Crippen molar-refractivity contribution in [2.45, 2.75) is 46.1 Å². The maximum Gasteiger partial charge on any atom is 0.145 e. The van der Waals surface area contributed by atoms with Gasteiger partial charge in [-0.15, -0.1) is 0 Å². The van der Waals surface area contributed by atoms with E-state index in [-0.39, 0.29) is 0 Å². The van der Waals surface area contributed by atoms with Crippen molar-refractivity contribution in [1.29, 1.82) is 0 Å². The molecule has 0 unspecified atom stereocenters. The Morgan fingerprint density at radius 3 is 2.45 bits per heavy atom. The summed E-state index contributed by atoms with van der Waals surface area (Å²) in [6, 6.07) is 2.01. The van der Waals surface area contributed by atoms with Crippen LogP contribution in [-0.2, 0) is 13.6 Å². The largest absolute Gasteiger partial charge is 0.363 e. The van der Waals surface area contributed by atoms with Gasteiger partial charge in [0.2, 0.25) is 0 Å². The molecule has 0 fully saturated rings. The molecule has 0 bridgehead atoms. The second-order valence-corrected chi connectivity index (χ2v) is 5.50. The van der Waals surface area contributed by atoms with E-state index in [9.17, 15) is 0 Å². The van der Waals surface area contributed by atoms with Crippen LogP contribution in [0.25, 0.3) is 0 Å². The van der Waals surface area contributed by atoms with Gasteiger partial charge in [0.05, 0.1) is 6.54 Å². The summed E-state index contributed by atoms with van der Waals surface area (Å²) in [6.07, 6.45) is 1.55. The van der Waals surface area contributed by atoms with E-state index >= 15 is 0 Å². The molecule has 108 valence electrons. The van der Waals surface area contributed by atoms with Crippen molar-refractivity contribution in [2.24, 2.45) is 7.05 Å². The molecule has 0 radical (unpaired) electrons. The molecule has 0 spiro atoms. The van der Waals surface area contributed by atoms with E-state index in [0.29, 0.717) is 18.4 Å². The predicted octanol–water partition coefficient (Wildman–Crippen LogP) is 2.46. The zero-order chi connectivity index (χ0) is 14.7. The van der Waals surface area contributed by atoms with E-state index in [4.69, 9.17) is 0 Å². The van der Waals surface area contributed by atoms with Crippen molar-refractivity contribution in [2.75, 3.05) is 5.32 Å². The fourth-order valence-corrected chi connectivity index (χ4v) is 1.78. The van der Waals surface area contributed by atoms with E-state index in [2.05, 4.69) is 53.1 Å². The SMILES string of the molecule is CC(C)c1cc(NCc2ncnn2C)nc(C(C)C)n1. The first kappa shape index (κ1) is 14.4. The second kappa shape index (κ2) is 5.98. The summed E-state index contributed by atoms with van der Waals surface area (Å²) in [7, 11) is 1.88. The normalized spacial score (nSPS) is 11.3. The Morgan fingerprint density at radius 1 is 1.15 bits per heavy atom. The summed E-state index contributed by atoms with van der Waals surface area (Å²) in [5, 5.41) is 7.36. The molecule has 20 heavy (non-hydrogen) atoms. The molecule has 2 aromatic rings. The number of nitrogens with one attached hydrogen (secondary N) is 1. The predicted molar refractivity (Wildman–Crippen MR) is 78.5 cm³/mol. The van der Waals surface area contributed by atoms with Gasteiger partial charge in [-0.3, -0.25) is 4.68 Å². The Bertz CT molecular complexity index is 547. The van der Waals surface area contributed by atoms with Crippen LogP contribution in [-0.4, -0.2) is 24.7 Å². The first-order chi connectivity index (χ1) is 9.47. The zero-order valence-electron chi connectivity index (χ0n) is 12.8. The van der Waals surface area contributed by atoms with E-state index in [1.54, 1.807) is 11.0 Å². The zero-order valence-corrected chi connectivity index (χ0v) is 12.8. The average molecular weight is 274 g/mol. The maximum atomic E-state index is 4.61. The van der Waals surface area contributed by atoms with Gasteiger partial charge in [-0.05, 0) is 5.92 Å². The Balaban J connectivity index is 2.20. The number of hydrogen-bond acceptors (Lipinski definition) is 5. The first-order valence-electron chi connectivity index (χ1n) is 6.93. The fraction of sp³-hybridized carbons (Fsp3) is 0.571. The highest BCUT2D eigenvalue weighted by Crippen LogP contribution is 2.19. The first-order valence-corrected chi connectivity index (χ1v) is 6.93. The van der Waals surface area contributed by atoms with Crippen molar-refractivity contribution in [3.05, 3.63) is 29.7 Å². The van der Waals surface area contributed by atoms with E-state index < -0.39 is 0 Å². The minimum absolute atomic E-state index is 0.309. The number of aromatic nitrogens is 5. The molecule has 0 aromatic carbocycles. The smallest absolute Gasteiger partial charge is 0.145 e. The Morgan fingerprint density at radius 2 is 1.90 bits per heavy atom. The molecule has 6 heteroatoms.